The van der Waals surface area contributed by atoms with Gasteiger partial charge in [0, 0.05) is 23.6 Å². The molecule has 0 fully saturated rings. The van der Waals surface area contributed by atoms with E-state index in [0.717, 1.165) is 26.5 Å². The van der Waals surface area contributed by atoms with E-state index in [2.05, 4.69) is 9.97 Å². The van der Waals surface area contributed by atoms with E-state index in [1.807, 2.05) is 36.5 Å². The number of rotatable bonds is 1. The summed E-state index contributed by atoms with van der Waals surface area (Å²) >= 11 is 1.63. The molecule has 1 aromatic carbocycles. The number of hydrogen-bond acceptors (Lipinski definition) is 4. The molecule has 78 valence electrons. The molecular weight excluding hydrogens is 218 g/mol. The molecule has 0 atom stereocenters. The number of anilines is 1. The van der Waals surface area contributed by atoms with Crippen molar-refractivity contribution in [2.45, 2.75) is 0 Å². The lowest BCUT2D eigenvalue weighted by Crippen LogP contribution is -1.81. The van der Waals surface area contributed by atoms with Crippen molar-refractivity contribution in [3.63, 3.8) is 0 Å². The molecule has 0 amide bonds. The highest BCUT2D eigenvalue weighted by atomic mass is 32.1. The van der Waals surface area contributed by atoms with Crippen LogP contribution in [0.5, 0.6) is 0 Å². The topological polar surface area (TPSA) is 51.8 Å². The first-order valence-electron chi connectivity index (χ1n) is 4.89. The van der Waals surface area contributed by atoms with Crippen LogP contribution in [0.1, 0.15) is 0 Å². The third kappa shape index (κ3) is 1.53. The van der Waals surface area contributed by atoms with Crippen molar-refractivity contribution in [3.05, 3.63) is 42.7 Å². The number of nitrogen functional groups attached to an aromatic ring is 1. The molecule has 16 heavy (non-hydrogen) atoms. The summed E-state index contributed by atoms with van der Waals surface area (Å²) in [5, 5.41) is 0.980. The van der Waals surface area contributed by atoms with Gasteiger partial charge < -0.3 is 5.73 Å². The number of benzene rings is 1. The lowest BCUT2D eigenvalue weighted by atomic mass is 10.3. The fourth-order valence-electron chi connectivity index (χ4n) is 1.55. The van der Waals surface area contributed by atoms with Crippen LogP contribution < -0.4 is 5.73 Å². The van der Waals surface area contributed by atoms with Crippen LogP contribution in [-0.4, -0.2) is 9.97 Å². The Morgan fingerprint density at radius 1 is 1.19 bits per heavy atom. The molecule has 0 spiro atoms. The average Bonchev–Trinajstić information content (AvgIpc) is 2.73. The highest BCUT2D eigenvalue weighted by Crippen LogP contribution is 2.30. The molecule has 0 aliphatic carbocycles. The monoisotopic (exact) mass is 227 g/mol. The Labute approximate surface area is 96.6 Å². The summed E-state index contributed by atoms with van der Waals surface area (Å²) in [6, 6.07) is 9.69. The molecule has 2 N–H and O–H groups in total. The minimum absolute atomic E-state index is 0.772. The van der Waals surface area contributed by atoms with Crippen molar-refractivity contribution in [2.24, 2.45) is 0 Å². The molecule has 0 unspecified atom stereocenters. The summed E-state index contributed by atoms with van der Waals surface area (Å²) in [6.45, 7) is 0. The number of hydrogen-bond donors (Lipinski definition) is 1. The predicted octanol–water partition coefficient (Wildman–Crippen LogP) is 2.94. The van der Waals surface area contributed by atoms with Gasteiger partial charge in [0.25, 0.3) is 0 Å². The predicted molar refractivity (Wildman–Crippen MR) is 67.3 cm³/mol. The molecule has 0 aliphatic rings. The Kier molecular flexibility index (Phi) is 2.08. The fourth-order valence-corrected chi connectivity index (χ4v) is 2.56. The van der Waals surface area contributed by atoms with Crippen molar-refractivity contribution in [1.29, 1.82) is 0 Å². The Balaban J connectivity index is 2.19. The average molecular weight is 227 g/mol. The summed E-state index contributed by atoms with van der Waals surface area (Å²) in [5.41, 5.74) is 8.54. The summed E-state index contributed by atoms with van der Waals surface area (Å²) < 4.78 is 1.11. The molecule has 0 bridgehead atoms. The third-order valence-electron chi connectivity index (χ3n) is 2.32. The molecule has 0 radical (unpaired) electrons. The zero-order valence-electron chi connectivity index (χ0n) is 8.42. The standard InChI is InChI=1S/C12H9N3S/c13-9-3-4-10-11(6-9)16-12(15-10)8-2-1-5-14-7-8/h1-7H,13H2. The largest absolute Gasteiger partial charge is 0.399 e. The quantitative estimate of drug-likeness (QED) is 0.650. The van der Waals surface area contributed by atoms with Gasteiger partial charge in [-0.15, -0.1) is 11.3 Å². The number of aromatic nitrogens is 2. The maximum absolute atomic E-state index is 5.74. The Morgan fingerprint density at radius 3 is 2.94 bits per heavy atom. The zero-order valence-corrected chi connectivity index (χ0v) is 9.24. The molecule has 3 rings (SSSR count). The summed E-state index contributed by atoms with van der Waals surface area (Å²) in [4.78, 5) is 8.64. The van der Waals surface area contributed by atoms with Crippen molar-refractivity contribution >= 4 is 27.2 Å². The van der Waals surface area contributed by atoms with E-state index >= 15 is 0 Å². The van der Waals surface area contributed by atoms with Crippen LogP contribution in [0.3, 0.4) is 0 Å². The van der Waals surface area contributed by atoms with Gasteiger partial charge in [0.1, 0.15) is 5.01 Å². The summed E-state index contributed by atoms with van der Waals surface area (Å²) in [7, 11) is 0. The van der Waals surface area contributed by atoms with E-state index in [0.29, 0.717) is 0 Å². The van der Waals surface area contributed by atoms with E-state index in [4.69, 9.17) is 5.73 Å². The van der Waals surface area contributed by atoms with Gasteiger partial charge in [-0.2, -0.15) is 0 Å². The molecule has 2 heterocycles. The van der Waals surface area contributed by atoms with Crippen LogP contribution in [0, 0.1) is 0 Å². The zero-order chi connectivity index (χ0) is 11.0. The highest BCUT2D eigenvalue weighted by molar-refractivity contribution is 7.21. The van der Waals surface area contributed by atoms with Crippen LogP contribution in [0.15, 0.2) is 42.7 Å². The summed E-state index contributed by atoms with van der Waals surface area (Å²) in [5.74, 6) is 0. The molecule has 0 saturated heterocycles. The van der Waals surface area contributed by atoms with Crippen molar-refractivity contribution in [2.75, 3.05) is 5.73 Å². The fraction of sp³-hybridized carbons (Fsp3) is 0. The Morgan fingerprint density at radius 2 is 2.12 bits per heavy atom. The van der Waals surface area contributed by atoms with Gasteiger partial charge in [-0.3, -0.25) is 4.98 Å². The van der Waals surface area contributed by atoms with E-state index < -0.39 is 0 Å². The second kappa shape index (κ2) is 3.57. The van der Waals surface area contributed by atoms with E-state index in [1.54, 1.807) is 17.5 Å². The van der Waals surface area contributed by atoms with Crippen LogP contribution in [-0.2, 0) is 0 Å². The normalized spacial score (nSPS) is 10.8. The second-order valence-corrected chi connectivity index (χ2v) is 4.52. The number of thiazole rings is 1. The van der Waals surface area contributed by atoms with Crippen molar-refractivity contribution in [3.8, 4) is 10.6 Å². The first-order chi connectivity index (χ1) is 7.83. The van der Waals surface area contributed by atoms with Gasteiger partial charge in [0.2, 0.25) is 0 Å². The molecule has 3 aromatic rings. The second-order valence-electron chi connectivity index (χ2n) is 3.49. The van der Waals surface area contributed by atoms with E-state index in [1.165, 1.54) is 0 Å². The molecule has 3 nitrogen and oxygen atoms in total. The van der Waals surface area contributed by atoms with E-state index in [-0.39, 0.29) is 0 Å². The van der Waals surface area contributed by atoms with Crippen molar-refractivity contribution < 1.29 is 0 Å². The van der Waals surface area contributed by atoms with E-state index in [9.17, 15) is 0 Å². The molecular formula is C12H9N3S. The van der Waals surface area contributed by atoms with Gasteiger partial charge in [-0.25, -0.2) is 4.98 Å². The molecule has 2 aromatic heterocycles. The SMILES string of the molecule is Nc1ccc2nc(-c3cccnc3)sc2c1. The number of pyridine rings is 1. The number of fused-ring (bicyclic) bond motifs is 1. The lowest BCUT2D eigenvalue weighted by Gasteiger charge is -1.91. The first-order valence-corrected chi connectivity index (χ1v) is 5.71. The van der Waals surface area contributed by atoms with Gasteiger partial charge in [-0.1, -0.05) is 0 Å². The Hall–Kier alpha value is -1.94. The minimum atomic E-state index is 0.772. The Bertz CT molecular complexity index is 631. The lowest BCUT2D eigenvalue weighted by molar-refractivity contribution is 1.32. The van der Waals surface area contributed by atoms with Crippen molar-refractivity contribution in [1.82, 2.24) is 9.97 Å². The molecule has 0 saturated carbocycles. The highest BCUT2D eigenvalue weighted by Gasteiger charge is 2.05. The number of nitrogens with zero attached hydrogens (tertiary/aromatic N) is 2. The maximum atomic E-state index is 5.74. The van der Waals surface area contributed by atoms with Crippen LogP contribution in [0.2, 0.25) is 0 Å². The van der Waals surface area contributed by atoms with Gasteiger partial charge in [0.05, 0.1) is 10.2 Å². The molecule has 0 aliphatic heterocycles. The molecule has 4 heteroatoms. The smallest absolute Gasteiger partial charge is 0.126 e. The van der Waals surface area contributed by atoms with Crippen LogP contribution in [0.4, 0.5) is 5.69 Å². The third-order valence-corrected chi connectivity index (χ3v) is 3.39. The maximum Gasteiger partial charge on any atom is 0.126 e. The van der Waals surface area contributed by atoms with Crippen LogP contribution in [0.25, 0.3) is 20.8 Å². The first kappa shape index (κ1) is 9.30. The van der Waals surface area contributed by atoms with Gasteiger partial charge in [0.15, 0.2) is 0 Å². The number of nitrogens with two attached hydrogens (primary N) is 1. The minimum Gasteiger partial charge on any atom is -0.399 e. The van der Waals surface area contributed by atoms with Gasteiger partial charge in [-0.05, 0) is 30.3 Å². The van der Waals surface area contributed by atoms with Crippen LogP contribution >= 0.6 is 11.3 Å². The van der Waals surface area contributed by atoms with Gasteiger partial charge >= 0.3 is 0 Å². The summed E-state index contributed by atoms with van der Waals surface area (Å²) in [6.07, 6.45) is 3.58.